The lowest BCUT2D eigenvalue weighted by Gasteiger charge is -2.08. The second-order valence-corrected chi connectivity index (χ2v) is 6.74. The molecule has 132 valence electrons. The van der Waals surface area contributed by atoms with E-state index in [2.05, 4.69) is 37.2 Å². The van der Waals surface area contributed by atoms with Gasteiger partial charge in [0.05, 0.1) is 21.6 Å². The first-order chi connectivity index (χ1) is 12.3. The van der Waals surface area contributed by atoms with Crippen molar-refractivity contribution in [1.82, 2.24) is 0 Å². The van der Waals surface area contributed by atoms with Gasteiger partial charge in [-0.1, -0.05) is 6.07 Å². The molecule has 2 aromatic rings. The van der Waals surface area contributed by atoms with Crippen LogP contribution in [0.5, 0.6) is 5.75 Å². The van der Waals surface area contributed by atoms with Crippen LogP contribution in [-0.4, -0.2) is 24.1 Å². The number of benzene rings is 2. The van der Waals surface area contributed by atoms with Crippen molar-refractivity contribution in [3.63, 3.8) is 0 Å². The summed E-state index contributed by atoms with van der Waals surface area (Å²) < 4.78 is 6.53. The van der Waals surface area contributed by atoms with E-state index in [4.69, 9.17) is 9.84 Å². The molecule has 0 saturated heterocycles. The summed E-state index contributed by atoms with van der Waals surface area (Å²) in [7, 11) is 1.53. The second-order valence-electron chi connectivity index (χ2n) is 5.03. The second kappa shape index (κ2) is 8.65. The summed E-state index contributed by atoms with van der Waals surface area (Å²) in [5.74, 6) is -1.15. The lowest BCUT2D eigenvalue weighted by molar-refractivity contribution is -0.112. The number of amides is 1. The maximum absolute atomic E-state index is 12.3. The van der Waals surface area contributed by atoms with Crippen LogP contribution in [-0.2, 0) is 4.79 Å². The maximum Gasteiger partial charge on any atom is 0.335 e. The van der Waals surface area contributed by atoms with E-state index in [1.54, 1.807) is 18.2 Å². The molecule has 1 amide bonds. The summed E-state index contributed by atoms with van der Waals surface area (Å²) >= 11 is 6.72. The first-order valence-electron chi connectivity index (χ1n) is 7.15. The molecule has 0 saturated carbocycles. The van der Waals surface area contributed by atoms with E-state index in [1.165, 1.54) is 31.4 Å². The van der Waals surface area contributed by atoms with Gasteiger partial charge in [-0.25, -0.2) is 4.79 Å². The number of methoxy groups -OCH3 is 1. The van der Waals surface area contributed by atoms with Crippen molar-refractivity contribution in [2.45, 2.75) is 0 Å². The van der Waals surface area contributed by atoms with Gasteiger partial charge in [0.2, 0.25) is 0 Å². The third-order valence-electron chi connectivity index (χ3n) is 3.27. The van der Waals surface area contributed by atoms with Crippen molar-refractivity contribution >= 4 is 55.5 Å². The van der Waals surface area contributed by atoms with Gasteiger partial charge in [0, 0.05) is 5.69 Å². The fourth-order valence-corrected chi connectivity index (χ4v) is 3.65. The molecule has 0 aliphatic heterocycles. The predicted molar refractivity (Wildman–Crippen MR) is 104 cm³/mol. The van der Waals surface area contributed by atoms with E-state index in [0.717, 1.165) is 0 Å². The largest absolute Gasteiger partial charge is 0.494 e. The van der Waals surface area contributed by atoms with Gasteiger partial charge < -0.3 is 15.2 Å². The Morgan fingerprint density at radius 1 is 1.23 bits per heavy atom. The summed E-state index contributed by atoms with van der Waals surface area (Å²) in [4.78, 5) is 23.3. The average Bonchev–Trinajstić information content (AvgIpc) is 2.59. The first kappa shape index (κ1) is 19.7. The number of nitriles is 1. The van der Waals surface area contributed by atoms with Crippen LogP contribution >= 0.6 is 31.9 Å². The summed E-state index contributed by atoms with van der Waals surface area (Å²) in [6.07, 6.45) is 1.42. The Morgan fingerprint density at radius 3 is 2.42 bits per heavy atom. The highest BCUT2D eigenvalue weighted by atomic mass is 79.9. The molecule has 0 radical (unpaired) electrons. The van der Waals surface area contributed by atoms with Crippen molar-refractivity contribution in [3.8, 4) is 11.8 Å². The molecule has 8 heteroatoms. The Balaban J connectivity index is 2.29. The summed E-state index contributed by atoms with van der Waals surface area (Å²) in [6, 6.07) is 11.0. The number of hydrogen-bond acceptors (Lipinski definition) is 4. The van der Waals surface area contributed by atoms with Crippen LogP contribution in [0.3, 0.4) is 0 Å². The molecule has 0 heterocycles. The van der Waals surface area contributed by atoms with E-state index >= 15 is 0 Å². The minimum absolute atomic E-state index is 0.0355. The molecule has 0 spiro atoms. The van der Waals surface area contributed by atoms with E-state index in [-0.39, 0.29) is 16.8 Å². The molecule has 2 N–H and O–H groups in total. The Morgan fingerprint density at radius 2 is 1.88 bits per heavy atom. The van der Waals surface area contributed by atoms with Crippen LogP contribution < -0.4 is 10.1 Å². The van der Waals surface area contributed by atoms with Crippen LogP contribution in [0, 0.1) is 11.3 Å². The lowest BCUT2D eigenvalue weighted by Crippen LogP contribution is -2.14. The SMILES string of the molecule is COc1c(Br)cc(C=C(C#N)C(=O)Nc2cccc(C(=O)O)c2)cc1Br. The number of ether oxygens (including phenoxy) is 1. The normalized spacial score (nSPS) is 10.8. The predicted octanol–water partition coefficient (Wildman–Crippen LogP) is 4.46. The van der Waals surface area contributed by atoms with Gasteiger partial charge >= 0.3 is 5.97 Å². The molecule has 0 aliphatic rings. The number of halogens is 2. The van der Waals surface area contributed by atoms with E-state index in [9.17, 15) is 14.9 Å². The number of rotatable bonds is 5. The lowest BCUT2D eigenvalue weighted by atomic mass is 10.1. The van der Waals surface area contributed by atoms with Crippen LogP contribution in [0.15, 0.2) is 50.9 Å². The van der Waals surface area contributed by atoms with Gasteiger partial charge in [0.25, 0.3) is 5.91 Å². The molecule has 6 nitrogen and oxygen atoms in total. The number of hydrogen-bond donors (Lipinski definition) is 2. The number of carbonyl (C=O) groups excluding carboxylic acids is 1. The number of carboxylic acid groups (broad SMARTS) is 1. The van der Waals surface area contributed by atoms with Crippen LogP contribution in [0.4, 0.5) is 5.69 Å². The number of aromatic carboxylic acids is 1. The molecule has 0 aromatic heterocycles. The van der Waals surface area contributed by atoms with Gasteiger partial charge in [-0.05, 0) is 73.8 Å². The van der Waals surface area contributed by atoms with Gasteiger partial charge in [-0.3, -0.25) is 4.79 Å². The van der Waals surface area contributed by atoms with Gasteiger partial charge in [0.15, 0.2) is 0 Å². The Bertz CT molecular complexity index is 925. The highest BCUT2D eigenvalue weighted by molar-refractivity contribution is 9.11. The monoisotopic (exact) mass is 478 g/mol. The standard InChI is InChI=1S/C18H12Br2N2O4/c1-26-16-14(19)6-10(7-15(16)20)5-12(9-21)17(23)22-13-4-2-3-11(8-13)18(24)25/h2-8H,1H3,(H,22,23)(H,24,25). The number of anilines is 1. The molecule has 0 atom stereocenters. The van der Waals surface area contributed by atoms with Crippen molar-refractivity contribution in [1.29, 1.82) is 5.26 Å². The molecule has 26 heavy (non-hydrogen) atoms. The zero-order valence-corrected chi connectivity index (χ0v) is 16.6. The van der Waals surface area contributed by atoms with E-state index < -0.39 is 11.9 Å². The van der Waals surface area contributed by atoms with Crippen LogP contribution in [0.1, 0.15) is 15.9 Å². The van der Waals surface area contributed by atoms with E-state index in [0.29, 0.717) is 20.3 Å². The summed E-state index contributed by atoms with van der Waals surface area (Å²) in [5, 5.41) is 20.8. The maximum atomic E-state index is 12.3. The van der Waals surface area contributed by atoms with Crippen molar-refractivity contribution in [3.05, 3.63) is 62.0 Å². The molecule has 2 rings (SSSR count). The topological polar surface area (TPSA) is 99.4 Å². The molecule has 0 fully saturated rings. The highest BCUT2D eigenvalue weighted by Crippen LogP contribution is 2.35. The summed E-state index contributed by atoms with van der Waals surface area (Å²) in [6.45, 7) is 0. The molecule has 0 aliphatic carbocycles. The van der Waals surface area contributed by atoms with Gasteiger partial charge in [0.1, 0.15) is 17.4 Å². The van der Waals surface area contributed by atoms with Gasteiger partial charge in [-0.2, -0.15) is 5.26 Å². The quantitative estimate of drug-likeness (QED) is 0.487. The molecule has 0 unspecified atom stereocenters. The smallest absolute Gasteiger partial charge is 0.335 e. The van der Waals surface area contributed by atoms with Gasteiger partial charge in [-0.15, -0.1) is 0 Å². The molecule has 2 aromatic carbocycles. The molecule has 0 bridgehead atoms. The number of nitrogens with one attached hydrogen (secondary N) is 1. The molecular weight excluding hydrogens is 468 g/mol. The van der Waals surface area contributed by atoms with Crippen molar-refractivity contribution < 1.29 is 19.4 Å². The average molecular weight is 480 g/mol. The zero-order valence-electron chi connectivity index (χ0n) is 13.4. The van der Waals surface area contributed by atoms with Crippen molar-refractivity contribution in [2.24, 2.45) is 0 Å². The minimum Gasteiger partial charge on any atom is -0.494 e. The van der Waals surface area contributed by atoms with E-state index in [1.807, 2.05) is 6.07 Å². The van der Waals surface area contributed by atoms with Crippen molar-refractivity contribution in [2.75, 3.05) is 12.4 Å². The van der Waals surface area contributed by atoms with Crippen LogP contribution in [0.25, 0.3) is 6.08 Å². The fraction of sp³-hybridized carbons (Fsp3) is 0.0556. The number of nitrogens with zero attached hydrogens (tertiary/aromatic N) is 1. The molecular formula is C18H12Br2N2O4. The third kappa shape index (κ3) is 4.71. The number of carbonyl (C=O) groups is 2. The Labute approximate surface area is 166 Å². The fourth-order valence-electron chi connectivity index (χ4n) is 2.10. The first-order valence-corrected chi connectivity index (χ1v) is 8.74. The van der Waals surface area contributed by atoms with Crippen LogP contribution in [0.2, 0.25) is 0 Å². The third-order valence-corrected chi connectivity index (χ3v) is 4.45. The zero-order chi connectivity index (χ0) is 19.3. The summed E-state index contributed by atoms with van der Waals surface area (Å²) in [5.41, 5.74) is 0.798. The highest BCUT2D eigenvalue weighted by Gasteiger charge is 2.13. The Kier molecular flexibility index (Phi) is 6.55. The minimum atomic E-state index is -1.11. The number of carboxylic acids is 1. The Hall–Kier alpha value is -2.63.